The summed E-state index contributed by atoms with van der Waals surface area (Å²) < 4.78 is 45.5. The van der Waals surface area contributed by atoms with Crippen molar-refractivity contribution in [2.24, 2.45) is 0 Å². The minimum absolute atomic E-state index is 0.303. The van der Waals surface area contributed by atoms with Crippen molar-refractivity contribution in [1.29, 1.82) is 0 Å². The van der Waals surface area contributed by atoms with E-state index in [1.807, 2.05) is 0 Å². The molecule has 6 atom stereocenters. The second kappa shape index (κ2) is 11.9. The molecule has 4 rings (SSSR count). The first-order valence-electron chi connectivity index (χ1n) is 13.0. The fourth-order valence-electron chi connectivity index (χ4n) is 4.90. The van der Waals surface area contributed by atoms with Gasteiger partial charge in [0.05, 0.1) is 0 Å². The van der Waals surface area contributed by atoms with Crippen LogP contribution in [-0.4, -0.2) is 72.9 Å². The minimum atomic E-state index is -1.38. The van der Waals surface area contributed by atoms with Gasteiger partial charge >= 0.3 is 29.5 Å². The first-order valence-corrected chi connectivity index (χ1v) is 13.0. The van der Waals surface area contributed by atoms with Crippen molar-refractivity contribution in [3.05, 3.63) is 40.2 Å². The Morgan fingerprint density at radius 3 is 2.10 bits per heavy atom. The van der Waals surface area contributed by atoms with Gasteiger partial charge in [-0.3, -0.25) is 19.2 Å². The zero-order valence-electron chi connectivity index (χ0n) is 23.5. The third-order valence-corrected chi connectivity index (χ3v) is 6.65. The van der Waals surface area contributed by atoms with Crippen LogP contribution in [0.2, 0.25) is 0 Å². The van der Waals surface area contributed by atoms with Gasteiger partial charge in [0.1, 0.15) is 35.7 Å². The molecule has 0 N–H and O–H groups in total. The molecular formula is C28H32O13. The molecule has 3 heterocycles. The smallest absolute Gasteiger partial charge is 0.336 e. The molecule has 0 aliphatic carbocycles. The lowest BCUT2D eigenvalue weighted by atomic mass is 9.94. The van der Waals surface area contributed by atoms with E-state index in [2.05, 4.69) is 0 Å². The van der Waals surface area contributed by atoms with Gasteiger partial charge in [0.25, 0.3) is 0 Å². The van der Waals surface area contributed by atoms with Gasteiger partial charge in [-0.1, -0.05) is 0 Å². The molecule has 0 spiro atoms. The summed E-state index contributed by atoms with van der Waals surface area (Å²) in [5.41, 5.74) is -0.559. The Bertz CT molecular complexity index is 1390. The van der Waals surface area contributed by atoms with Crippen LogP contribution in [-0.2, 0) is 54.0 Å². The van der Waals surface area contributed by atoms with E-state index in [4.69, 9.17) is 37.6 Å². The van der Waals surface area contributed by atoms with Crippen LogP contribution >= 0.6 is 0 Å². The Hall–Kier alpha value is -3.97. The summed E-state index contributed by atoms with van der Waals surface area (Å²) >= 11 is 0. The molecule has 0 radical (unpaired) electrons. The minimum Gasteiger partial charge on any atom is -0.487 e. The molecule has 2 aliphatic rings. The van der Waals surface area contributed by atoms with E-state index in [1.54, 1.807) is 32.0 Å². The fraction of sp³-hybridized carbons (Fsp3) is 0.536. The lowest BCUT2D eigenvalue weighted by Crippen LogP contribution is -2.64. The molecule has 13 nitrogen and oxygen atoms in total. The van der Waals surface area contributed by atoms with Gasteiger partial charge in [0.2, 0.25) is 0 Å². The third kappa shape index (κ3) is 6.85. The van der Waals surface area contributed by atoms with Gasteiger partial charge in [-0.2, -0.15) is 0 Å². The summed E-state index contributed by atoms with van der Waals surface area (Å²) in [6, 6.07) is 6.53. The van der Waals surface area contributed by atoms with E-state index < -0.39 is 71.9 Å². The average molecular weight is 577 g/mol. The molecule has 1 aromatic carbocycles. The van der Waals surface area contributed by atoms with E-state index in [0.29, 0.717) is 23.3 Å². The van der Waals surface area contributed by atoms with Crippen LogP contribution in [0.3, 0.4) is 0 Å². The maximum absolute atomic E-state index is 12.1. The number of carbonyl (C=O) groups excluding carboxylic acids is 4. The van der Waals surface area contributed by atoms with Gasteiger partial charge in [0.15, 0.2) is 24.6 Å². The summed E-state index contributed by atoms with van der Waals surface area (Å²) in [6.45, 7) is 7.67. The van der Waals surface area contributed by atoms with Crippen molar-refractivity contribution >= 4 is 34.8 Å². The predicted octanol–water partition coefficient (Wildman–Crippen LogP) is 1.97. The van der Waals surface area contributed by atoms with Crippen LogP contribution in [0.15, 0.2) is 33.5 Å². The van der Waals surface area contributed by atoms with Gasteiger partial charge in [-0.15, -0.1) is 0 Å². The van der Waals surface area contributed by atoms with Crippen molar-refractivity contribution in [2.75, 3.05) is 6.61 Å². The first-order chi connectivity index (χ1) is 19.2. The van der Waals surface area contributed by atoms with Crippen molar-refractivity contribution in [1.82, 2.24) is 0 Å². The van der Waals surface area contributed by atoms with Gasteiger partial charge < -0.3 is 37.6 Å². The molecular weight excluding hydrogens is 544 g/mol. The highest BCUT2D eigenvalue weighted by molar-refractivity contribution is 5.82. The van der Waals surface area contributed by atoms with Crippen LogP contribution in [0.25, 0.3) is 11.0 Å². The topological polar surface area (TPSA) is 163 Å². The summed E-state index contributed by atoms with van der Waals surface area (Å²) in [5.74, 6) is -2.35. The van der Waals surface area contributed by atoms with Gasteiger partial charge in [0, 0.05) is 51.1 Å². The summed E-state index contributed by atoms with van der Waals surface area (Å²) in [5, 5.41) is 0.728. The Labute approximate surface area is 234 Å². The van der Waals surface area contributed by atoms with Crippen LogP contribution in [0, 0.1) is 0 Å². The van der Waals surface area contributed by atoms with Gasteiger partial charge in [-0.05, 0) is 32.0 Å². The molecule has 1 saturated heterocycles. The van der Waals surface area contributed by atoms with Crippen LogP contribution in [0.4, 0.5) is 0 Å². The number of carbonyl (C=O) groups is 4. The van der Waals surface area contributed by atoms with Crippen LogP contribution in [0.5, 0.6) is 5.75 Å². The zero-order valence-corrected chi connectivity index (χ0v) is 23.5. The maximum Gasteiger partial charge on any atom is 0.336 e. The number of hydrogen-bond donors (Lipinski definition) is 0. The zero-order chi connectivity index (χ0) is 30.1. The summed E-state index contributed by atoms with van der Waals surface area (Å²) in [7, 11) is 0. The molecule has 2 aliphatic heterocycles. The molecule has 0 bridgehead atoms. The van der Waals surface area contributed by atoms with Crippen LogP contribution < -0.4 is 10.4 Å². The fourth-order valence-corrected chi connectivity index (χ4v) is 4.90. The standard InChI is InChI=1S/C28H32O13/c1-13(29)34-12-20-24(35-14(2)30)25(36-15(3)31)26(37-16(4)32)27(39-20)41-28(5,6)21-11-18-19(38-21)9-7-17-8-10-22(33)40-23(17)18/h7-10,20-21,24-27H,11-12H2,1-6H3. The number of esters is 4. The van der Waals surface area contributed by atoms with Gasteiger partial charge in [-0.25, -0.2) is 4.79 Å². The van der Waals surface area contributed by atoms with Crippen LogP contribution in [0.1, 0.15) is 47.1 Å². The molecule has 0 saturated carbocycles. The van der Waals surface area contributed by atoms with E-state index in [-0.39, 0.29) is 6.61 Å². The molecule has 222 valence electrons. The molecule has 13 heteroatoms. The van der Waals surface area contributed by atoms with E-state index in [0.717, 1.165) is 26.2 Å². The number of benzene rings is 1. The van der Waals surface area contributed by atoms with Crippen molar-refractivity contribution in [2.45, 2.75) is 90.4 Å². The van der Waals surface area contributed by atoms with Crippen molar-refractivity contribution in [3.63, 3.8) is 0 Å². The highest BCUT2D eigenvalue weighted by atomic mass is 16.7. The molecule has 41 heavy (non-hydrogen) atoms. The highest BCUT2D eigenvalue weighted by Gasteiger charge is 2.55. The Morgan fingerprint density at radius 2 is 1.46 bits per heavy atom. The second-order valence-electron chi connectivity index (χ2n) is 10.3. The quantitative estimate of drug-likeness (QED) is 0.255. The highest BCUT2D eigenvalue weighted by Crippen LogP contribution is 2.40. The molecule has 6 unspecified atom stereocenters. The Kier molecular flexibility index (Phi) is 8.69. The lowest BCUT2D eigenvalue weighted by molar-refractivity contribution is -0.333. The SMILES string of the molecule is CC(=O)OCC1OC(OC(C)(C)C2Cc3c(ccc4ccc(=O)oc34)O2)C(OC(C)=O)C(OC(C)=O)C1OC(C)=O. The monoisotopic (exact) mass is 576 g/mol. The first kappa shape index (κ1) is 30.0. The Morgan fingerprint density at radius 1 is 0.854 bits per heavy atom. The van der Waals surface area contributed by atoms with E-state index in [9.17, 15) is 24.0 Å². The summed E-state index contributed by atoms with van der Waals surface area (Å²) in [4.78, 5) is 59.6. The van der Waals surface area contributed by atoms with Crippen molar-refractivity contribution in [3.8, 4) is 5.75 Å². The number of hydrogen-bond acceptors (Lipinski definition) is 13. The third-order valence-electron chi connectivity index (χ3n) is 6.65. The molecule has 1 aromatic heterocycles. The predicted molar refractivity (Wildman–Crippen MR) is 138 cm³/mol. The molecule has 0 amide bonds. The molecule has 2 aromatic rings. The van der Waals surface area contributed by atoms with Crippen molar-refractivity contribution < 1.29 is 56.8 Å². The molecule has 1 fully saturated rings. The number of fused-ring (bicyclic) bond motifs is 3. The second-order valence-corrected chi connectivity index (χ2v) is 10.3. The maximum atomic E-state index is 12.1. The van der Waals surface area contributed by atoms with E-state index in [1.165, 1.54) is 13.0 Å². The normalized spacial score (nSPS) is 25.5. The van der Waals surface area contributed by atoms with E-state index >= 15 is 0 Å². The summed E-state index contributed by atoms with van der Waals surface area (Å²) in [6.07, 6.45) is -6.90. The lowest BCUT2D eigenvalue weighted by Gasteiger charge is -2.46. The number of ether oxygens (including phenoxy) is 7. The average Bonchev–Trinajstić information content (AvgIpc) is 3.32. The number of rotatable bonds is 8. The Balaban J connectivity index is 1.66. The largest absolute Gasteiger partial charge is 0.487 e.